The SMILES string of the molecule is N#Cc1cc2c(cc1N)OCC2=O. The van der Waals surface area contributed by atoms with Crippen molar-refractivity contribution in [2.24, 2.45) is 0 Å². The second-order valence-electron chi connectivity index (χ2n) is 2.76. The van der Waals surface area contributed by atoms with E-state index in [0.717, 1.165) is 0 Å². The van der Waals surface area contributed by atoms with Crippen LogP contribution in [-0.2, 0) is 0 Å². The molecule has 1 aliphatic heterocycles. The first-order valence-corrected chi connectivity index (χ1v) is 3.72. The zero-order valence-electron chi connectivity index (χ0n) is 6.70. The topological polar surface area (TPSA) is 76.1 Å². The number of ether oxygens (including phenoxy) is 1. The summed E-state index contributed by atoms with van der Waals surface area (Å²) >= 11 is 0. The molecule has 0 aromatic heterocycles. The summed E-state index contributed by atoms with van der Waals surface area (Å²) < 4.78 is 5.05. The van der Waals surface area contributed by atoms with Crippen LogP contribution in [0, 0.1) is 11.3 Å². The molecule has 2 rings (SSSR count). The Kier molecular flexibility index (Phi) is 1.46. The van der Waals surface area contributed by atoms with E-state index >= 15 is 0 Å². The molecule has 2 N–H and O–H groups in total. The van der Waals surface area contributed by atoms with Gasteiger partial charge in [-0.2, -0.15) is 5.26 Å². The molecule has 0 atom stereocenters. The van der Waals surface area contributed by atoms with Crippen LogP contribution in [0.15, 0.2) is 12.1 Å². The van der Waals surface area contributed by atoms with Crippen molar-refractivity contribution in [2.45, 2.75) is 0 Å². The van der Waals surface area contributed by atoms with E-state index in [2.05, 4.69) is 0 Å². The molecule has 13 heavy (non-hydrogen) atoms. The first kappa shape index (κ1) is 7.62. The summed E-state index contributed by atoms with van der Waals surface area (Å²) in [4.78, 5) is 11.2. The van der Waals surface area contributed by atoms with Crippen LogP contribution in [0.1, 0.15) is 15.9 Å². The molecule has 0 amide bonds. The Hall–Kier alpha value is -2.02. The molecular formula is C9H6N2O2. The predicted molar refractivity (Wildman–Crippen MR) is 45.4 cm³/mol. The third kappa shape index (κ3) is 1.02. The minimum Gasteiger partial charge on any atom is -0.485 e. The van der Waals surface area contributed by atoms with Gasteiger partial charge in [-0.05, 0) is 6.07 Å². The summed E-state index contributed by atoms with van der Waals surface area (Å²) in [5, 5.41) is 8.65. The standard InChI is InChI=1S/C9H6N2O2/c10-3-5-1-6-8(12)4-13-9(6)2-7(5)11/h1-2H,4,11H2. The van der Waals surface area contributed by atoms with Crippen LogP contribution in [0.3, 0.4) is 0 Å². The second-order valence-corrected chi connectivity index (χ2v) is 2.76. The molecule has 1 aromatic carbocycles. The molecule has 0 saturated heterocycles. The Morgan fingerprint density at radius 2 is 2.31 bits per heavy atom. The largest absolute Gasteiger partial charge is 0.485 e. The lowest BCUT2D eigenvalue weighted by atomic mass is 10.1. The minimum absolute atomic E-state index is 0.0453. The molecule has 1 aliphatic rings. The van der Waals surface area contributed by atoms with Crippen molar-refractivity contribution >= 4 is 11.5 Å². The molecule has 1 aromatic rings. The molecule has 0 fully saturated rings. The van der Waals surface area contributed by atoms with Crippen LogP contribution in [0.2, 0.25) is 0 Å². The zero-order chi connectivity index (χ0) is 9.42. The molecule has 0 radical (unpaired) electrons. The number of nitrogens with two attached hydrogens (primary N) is 1. The number of nitrogens with zero attached hydrogens (tertiary/aromatic N) is 1. The highest BCUT2D eigenvalue weighted by atomic mass is 16.5. The fourth-order valence-electron chi connectivity index (χ4n) is 1.25. The smallest absolute Gasteiger partial charge is 0.203 e. The third-order valence-corrected chi connectivity index (χ3v) is 1.93. The Bertz CT molecular complexity index is 432. The van der Waals surface area contributed by atoms with E-state index in [9.17, 15) is 4.79 Å². The fourth-order valence-corrected chi connectivity index (χ4v) is 1.25. The number of Topliss-reactive ketones (excluding diaryl/α,β-unsaturated/α-hetero) is 1. The van der Waals surface area contributed by atoms with E-state index in [0.29, 0.717) is 22.6 Å². The predicted octanol–water partition coefficient (Wildman–Crippen LogP) is 0.716. The number of nitrogen functional groups attached to an aromatic ring is 1. The van der Waals surface area contributed by atoms with Crippen LogP contribution in [0.25, 0.3) is 0 Å². The van der Waals surface area contributed by atoms with Crippen molar-refractivity contribution in [3.05, 3.63) is 23.3 Å². The maximum atomic E-state index is 11.2. The van der Waals surface area contributed by atoms with Crippen LogP contribution < -0.4 is 10.5 Å². The number of hydrogen-bond donors (Lipinski definition) is 1. The van der Waals surface area contributed by atoms with Gasteiger partial charge in [-0.15, -0.1) is 0 Å². The molecule has 1 heterocycles. The molecule has 64 valence electrons. The molecular weight excluding hydrogens is 168 g/mol. The number of benzene rings is 1. The first-order valence-electron chi connectivity index (χ1n) is 3.72. The summed E-state index contributed by atoms with van der Waals surface area (Å²) in [5.41, 5.74) is 6.65. The highest BCUT2D eigenvalue weighted by Gasteiger charge is 2.22. The molecule has 0 saturated carbocycles. The van der Waals surface area contributed by atoms with Gasteiger partial charge >= 0.3 is 0 Å². The normalized spacial score (nSPS) is 13.3. The number of anilines is 1. The van der Waals surface area contributed by atoms with E-state index in [-0.39, 0.29) is 12.4 Å². The third-order valence-electron chi connectivity index (χ3n) is 1.93. The van der Waals surface area contributed by atoms with Gasteiger partial charge < -0.3 is 10.5 Å². The number of rotatable bonds is 0. The van der Waals surface area contributed by atoms with Crippen molar-refractivity contribution in [1.29, 1.82) is 5.26 Å². The Balaban J connectivity index is 2.66. The molecule has 0 spiro atoms. The maximum Gasteiger partial charge on any atom is 0.203 e. The highest BCUT2D eigenvalue weighted by Crippen LogP contribution is 2.29. The number of nitriles is 1. The lowest BCUT2D eigenvalue weighted by Crippen LogP contribution is -1.99. The average molecular weight is 174 g/mol. The summed E-state index contributed by atoms with van der Waals surface area (Å²) in [5.74, 6) is 0.369. The quantitative estimate of drug-likeness (QED) is 0.588. The maximum absolute atomic E-state index is 11.2. The Labute approximate surface area is 74.5 Å². The summed E-state index contributed by atoms with van der Waals surface area (Å²) in [6.45, 7) is 0.0453. The van der Waals surface area contributed by atoms with E-state index in [1.165, 1.54) is 12.1 Å². The molecule has 4 heteroatoms. The van der Waals surface area contributed by atoms with Crippen molar-refractivity contribution in [3.8, 4) is 11.8 Å². The van der Waals surface area contributed by atoms with Crippen molar-refractivity contribution in [1.82, 2.24) is 0 Å². The Morgan fingerprint density at radius 3 is 3.00 bits per heavy atom. The van der Waals surface area contributed by atoms with Crippen LogP contribution in [-0.4, -0.2) is 12.4 Å². The van der Waals surface area contributed by atoms with Gasteiger partial charge in [0.2, 0.25) is 5.78 Å². The van der Waals surface area contributed by atoms with Gasteiger partial charge in [-0.25, -0.2) is 0 Å². The second kappa shape index (κ2) is 2.49. The fraction of sp³-hybridized carbons (Fsp3) is 0.111. The van der Waals surface area contributed by atoms with Gasteiger partial charge in [-0.3, -0.25) is 4.79 Å². The number of hydrogen-bond acceptors (Lipinski definition) is 4. The molecule has 4 nitrogen and oxygen atoms in total. The van der Waals surface area contributed by atoms with Gasteiger partial charge in [0.1, 0.15) is 11.8 Å². The number of carbonyl (C=O) groups is 1. The van der Waals surface area contributed by atoms with E-state index < -0.39 is 0 Å². The number of ketones is 1. The van der Waals surface area contributed by atoms with Crippen LogP contribution >= 0.6 is 0 Å². The summed E-state index contributed by atoms with van der Waals surface area (Å²) in [6.07, 6.45) is 0. The average Bonchev–Trinajstić information content (AvgIpc) is 2.46. The van der Waals surface area contributed by atoms with Crippen molar-refractivity contribution in [2.75, 3.05) is 12.3 Å². The summed E-state index contributed by atoms with van der Waals surface area (Å²) in [7, 11) is 0. The van der Waals surface area contributed by atoms with Crippen LogP contribution in [0.4, 0.5) is 5.69 Å². The van der Waals surface area contributed by atoms with Gasteiger partial charge in [0.15, 0.2) is 6.61 Å². The monoisotopic (exact) mass is 174 g/mol. The molecule has 0 bridgehead atoms. The van der Waals surface area contributed by atoms with Crippen LogP contribution in [0.5, 0.6) is 5.75 Å². The van der Waals surface area contributed by atoms with E-state index in [4.69, 9.17) is 15.7 Å². The van der Waals surface area contributed by atoms with E-state index in [1.54, 1.807) is 0 Å². The zero-order valence-corrected chi connectivity index (χ0v) is 6.70. The number of fused-ring (bicyclic) bond motifs is 1. The Morgan fingerprint density at radius 1 is 1.54 bits per heavy atom. The molecule has 0 unspecified atom stereocenters. The minimum atomic E-state index is -0.105. The first-order chi connectivity index (χ1) is 6.22. The van der Waals surface area contributed by atoms with Gasteiger partial charge in [-0.1, -0.05) is 0 Å². The van der Waals surface area contributed by atoms with Gasteiger partial charge in [0.25, 0.3) is 0 Å². The van der Waals surface area contributed by atoms with E-state index in [1.807, 2.05) is 6.07 Å². The number of carbonyl (C=O) groups excluding carboxylic acids is 1. The highest BCUT2D eigenvalue weighted by molar-refractivity contribution is 6.03. The summed E-state index contributed by atoms with van der Waals surface area (Å²) in [6, 6.07) is 4.90. The lowest BCUT2D eigenvalue weighted by molar-refractivity contribution is 0.0961. The lowest BCUT2D eigenvalue weighted by Gasteiger charge is -2.00. The van der Waals surface area contributed by atoms with Gasteiger partial charge in [0.05, 0.1) is 16.8 Å². The van der Waals surface area contributed by atoms with Crippen molar-refractivity contribution in [3.63, 3.8) is 0 Å². The van der Waals surface area contributed by atoms with Gasteiger partial charge in [0, 0.05) is 6.07 Å². The molecule has 0 aliphatic carbocycles. The van der Waals surface area contributed by atoms with Crippen molar-refractivity contribution < 1.29 is 9.53 Å².